The van der Waals surface area contributed by atoms with E-state index in [2.05, 4.69) is 13.8 Å². The summed E-state index contributed by atoms with van der Waals surface area (Å²) in [5.74, 6) is 2.44. The van der Waals surface area contributed by atoms with Gasteiger partial charge in [0.1, 0.15) is 5.82 Å². The van der Waals surface area contributed by atoms with Gasteiger partial charge in [-0.1, -0.05) is 64.5 Å². The van der Waals surface area contributed by atoms with Crippen LogP contribution in [0.4, 0.5) is 4.39 Å². The molecule has 22 heavy (non-hydrogen) atoms. The van der Waals surface area contributed by atoms with E-state index < -0.39 is 0 Å². The minimum atomic E-state index is -0.116. The molecule has 0 amide bonds. The summed E-state index contributed by atoms with van der Waals surface area (Å²) in [5, 5.41) is 0. The molecule has 0 radical (unpaired) electrons. The molecule has 0 nitrogen and oxygen atoms in total. The van der Waals surface area contributed by atoms with Crippen molar-refractivity contribution in [3.05, 3.63) is 35.6 Å². The predicted molar refractivity (Wildman–Crippen MR) is 93.6 cm³/mol. The first-order chi connectivity index (χ1) is 10.7. The minimum absolute atomic E-state index is 0.116. The molecule has 0 aliphatic heterocycles. The van der Waals surface area contributed by atoms with Crippen LogP contribution < -0.4 is 0 Å². The SMILES string of the molecule is CCCCC(CC)CC[C@H]1CC[C@H](c2ccc(F)cc2)CC1. The highest BCUT2D eigenvalue weighted by Crippen LogP contribution is 2.38. The molecule has 2 rings (SSSR count). The van der Waals surface area contributed by atoms with Crippen LogP contribution in [0.5, 0.6) is 0 Å². The van der Waals surface area contributed by atoms with Crippen LogP contribution in [-0.4, -0.2) is 0 Å². The fraction of sp³-hybridized carbons (Fsp3) is 0.714. The lowest BCUT2D eigenvalue weighted by atomic mass is 9.76. The molecule has 0 heterocycles. The first-order valence-electron chi connectivity index (χ1n) is 9.48. The predicted octanol–water partition coefficient (Wildman–Crippen LogP) is 7.10. The Morgan fingerprint density at radius 2 is 1.68 bits per heavy atom. The average Bonchev–Trinajstić information content (AvgIpc) is 2.56. The van der Waals surface area contributed by atoms with Gasteiger partial charge in [-0.3, -0.25) is 0 Å². The van der Waals surface area contributed by atoms with Crippen LogP contribution >= 0.6 is 0 Å². The summed E-state index contributed by atoms with van der Waals surface area (Å²) < 4.78 is 13.0. The van der Waals surface area contributed by atoms with Crippen LogP contribution in [0.3, 0.4) is 0 Å². The van der Waals surface area contributed by atoms with Gasteiger partial charge in [0.25, 0.3) is 0 Å². The second-order valence-electron chi connectivity index (χ2n) is 7.26. The van der Waals surface area contributed by atoms with E-state index in [1.54, 1.807) is 12.1 Å². The van der Waals surface area contributed by atoms with Crippen molar-refractivity contribution in [3.63, 3.8) is 0 Å². The van der Waals surface area contributed by atoms with Crippen LogP contribution in [0.15, 0.2) is 24.3 Å². The van der Waals surface area contributed by atoms with Gasteiger partial charge in [0.2, 0.25) is 0 Å². The highest BCUT2D eigenvalue weighted by Gasteiger charge is 2.22. The highest BCUT2D eigenvalue weighted by molar-refractivity contribution is 5.20. The van der Waals surface area contributed by atoms with Crippen molar-refractivity contribution in [1.82, 2.24) is 0 Å². The lowest BCUT2D eigenvalue weighted by molar-refractivity contribution is 0.278. The van der Waals surface area contributed by atoms with Crippen molar-refractivity contribution in [2.24, 2.45) is 11.8 Å². The molecule has 1 unspecified atom stereocenters. The molecule has 124 valence electrons. The molecule has 1 aliphatic carbocycles. The van der Waals surface area contributed by atoms with Crippen molar-refractivity contribution in [3.8, 4) is 0 Å². The number of rotatable bonds is 8. The molecular weight excluding hydrogens is 271 g/mol. The first kappa shape index (κ1) is 17.5. The van der Waals surface area contributed by atoms with Crippen LogP contribution in [-0.2, 0) is 0 Å². The number of unbranched alkanes of at least 4 members (excludes halogenated alkanes) is 1. The van der Waals surface area contributed by atoms with Crippen molar-refractivity contribution >= 4 is 0 Å². The Kier molecular flexibility index (Phi) is 7.42. The summed E-state index contributed by atoms with van der Waals surface area (Å²) in [6, 6.07) is 7.19. The van der Waals surface area contributed by atoms with Crippen LogP contribution in [0.25, 0.3) is 0 Å². The number of hydrogen-bond donors (Lipinski definition) is 0. The molecule has 0 saturated heterocycles. The van der Waals surface area contributed by atoms with Crippen molar-refractivity contribution in [1.29, 1.82) is 0 Å². The Labute approximate surface area is 136 Å². The molecule has 0 aromatic heterocycles. The standard InChI is InChI=1S/C21H33F/c1-3-5-6-17(4-2)7-8-18-9-11-19(12-10-18)20-13-15-21(22)16-14-20/h13-19H,3-12H2,1-2H3/t17?,18-,19-. The maximum atomic E-state index is 13.0. The van der Waals surface area contributed by atoms with Crippen LogP contribution in [0, 0.1) is 17.7 Å². The zero-order chi connectivity index (χ0) is 15.8. The van der Waals surface area contributed by atoms with Gasteiger partial charge in [0.15, 0.2) is 0 Å². The van der Waals surface area contributed by atoms with Gasteiger partial charge in [0.05, 0.1) is 0 Å². The Bertz CT molecular complexity index is 400. The third-order valence-corrected chi connectivity index (χ3v) is 5.71. The van der Waals surface area contributed by atoms with E-state index in [1.807, 2.05) is 12.1 Å². The van der Waals surface area contributed by atoms with Crippen molar-refractivity contribution in [2.45, 2.75) is 84.0 Å². The molecule has 0 spiro atoms. The van der Waals surface area contributed by atoms with Gasteiger partial charge in [-0.15, -0.1) is 0 Å². The Balaban J connectivity index is 1.71. The summed E-state index contributed by atoms with van der Waals surface area (Å²) in [5.41, 5.74) is 1.34. The maximum absolute atomic E-state index is 13.0. The quantitative estimate of drug-likeness (QED) is 0.480. The minimum Gasteiger partial charge on any atom is -0.207 e. The van der Waals surface area contributed by atoms with E-state index in [9.17, 15) is 4.39 Å². The van der Waals surface area contributed by atoms with E-state index in [4.69, 9.17) is 0 Å². The van der Waals surface area contributed by atoms with Gasteiger partial charge in [0, 0.05) is 0 Å². The molecule has 1 atom stereocenters. The van der Waals surface area contributed by atoms with E-state index in [0.717, 1.165) is 11.8 Å². The normalized spacial score (nSPS) is 23.4. The van der Waals surface area contributed by atoms with E-state index >= 15 is 0 Å². The Hall–Kier alpha value is -0.850. The Morgan fingerprint density at radius 1 is 1.00 bits per heavy atom. The fourth-order valence-corrected chi connectivity index (χ4v) is 4.04. The van der Waals surface area contributed by atoms with Gasteiger partial charge in [-0.25, -0.2) is 4.39 Å². The van der Waals surface area contributed by atoms with Crippen LogP contribution in [0.2, 0.25) is 0 Å². The highest BCUT2D eigenvalue weighted by atomic mass is 19.1. The topological polar surface area (TPSA) is 0 Å². The van der Waals surface area contributed by atoms with Gasteiger partial charge in [-0.05, 0) is 61.1 Å². The molecule has 1 saturated carbocycles. The van der Waals surface area contributed by atoms with E-state index in [-0.39, 0.29) is 5.82 Å². The third kappa shape index (κ3) is 5.41. The molecule has 1 heteroatoms. The van der Waals surface area contributed by atoms with Crippen molar-refractivity contribution in [2.75, 3.05) is 0 Å². The van der Waals surface area contributed by atoms with Gasteiger partial charge < -0.3 is 0 Å². The molecule has 1 aromatic rings. The number of halogens is 1. The zero-order valence-electron chi connectivity index (χ0n) is 14.5. The summed E-state index contributed by atoms with van der Waals surface area (Å²) in [4.78, 5) is 0. The first-order valence-corrected chi connectivity index (χ1v) is 9.48. The second kappa shape index (κ2) is 9.33. The lowest BCUT2D eigenvalue weighted by Gasteiger charge is -2.29. The summed E-state index contributed by atoms with van der Waals surface area (Å²) in [6.07, 6.45) is 13.7. The molecule has 1 aromatic carbocycles. The molecular formula is C21H33F. The van der Waals surface area contributed by atoms with Crippen molar-refractivity contribution < 1.29 is 4.39 Å². The molecule has 1 fully saturated rings. The van der Waals surface area contributed by atoms with E-state index in [0.29, 0.717) is 5.92 Å². The number of hydrogen-bond acceptors (Lipinski definition) is 0. The average molecular weight is 304 g/mol. The summed E-state index contributed by atoms with van der Waals surface area (Å²) in [7, 11) is 0. The van der Waals surface area contributed by atoms with Gasteiger partial charge >= 0.3 is 0 Å². The maximum Gasteiger partial charge on any atom is 0.123 e. The van der Waals surface area contributed by atoms with E-state index in [1.165, 1.54) is 69.8 Å². The second-order valence-corrected chi connectivity index (χ2v) is 7.26. The molecule has 0 bridgehead atoms. The Morgan fingerprint density at radius 3 is 2.27 bits per heavy atom. The smallest absolute Gasteiger partial charge is 0.123 e. The fourth-order valence-electron chi connectivity index (χ4n) is 4.04. The van der Waals surface area contributed by atoms with Gasteiger partial charge in [-0.2, -0.15) is 0 Å². The number of benzene rings is 1. The molecule has 0 N–H and O–H groups in total. The monoisotopic (exact) mass is 304 g/mol. The lowest BCUT2D eigenvalue weighted by Crippen LogP contribution is -2.14. The summed E-state index contributed by atoms with van der Waals surface area (Å²) in [6.45, 7) is 4.65. The largest absolute Gasteiger partial charge is 0.207 e. The zero-order valence-corrected chi connectivity index (χ0v) is 14.5. The molecule has 1 aliphatic rings. The van der Waals surface area contributed by atoms with Crippen LogP contribution in [0.1, 0.15) is 89.5 Å². The third-order valence-electron chi connectivity index (χ3n) is 5.71. The summed E-state index contributed by atoms with van der Waals surface area (Å²) >= 11 is 0.